The normalized spacial score (nSPS) is 26.1. The number of carbonyl (C=O) groups excluding carboxylic acids is 1. The van der Waals surface area contributed by atoms with Gasteiger partial charge in [0.15, 0.2) is 9.84 Å². The summed E-state index contributed by atoms with van der Waals surface area (Å²) in [6.45, 7) is 6.73. The van der Waals surface area contributed by atoms with Crippen LogP contribution in [0.15, 0.2) is 59.5 Å². The van der Waals surface area contributed by atoms with E-state index in [4.69, 9.17) is 0 Å². The van der Waals surface area contributed by atoms with Crippen molar-refractivity contribution in [3.05, 3.63) is 60.2 Å². The second-order valence-electron chi connectivity index (χ2n) is 12.7. The predicted octanol–water partition coefficient (Wildman–Crippen LogP) is 5.24. The molecule has 6 rings (SSSR count). The molecule has 2 aliphatic carbocycles. The molecule has 212 valence electrons. The quantitative estimate of drug-likeness (QED) is 0.418. The van der Waals surface area contributed by atoms with Crippen LogP contribution in [0.4, 0.5) is 5.69 Å². The van der Waals surface area contributed by atoms with Crippen LogP contribution < -0.4 is 4.90 Å². The zero-order valence-electron chi connectivity index (χ0n) is 23.5. The predicted molar refractivity (Wildman–Crippen MR) is 157 cm³/mol. The maximum absolute atomic E-state index is 12.6. The first-order valence-corrected chi connectivity index (χ1v) is 16.7. The van der Waals surface area contributed by atoms with E-state index < -0.39 is 15.3 Å². The maximum Gasteiger partial charge on any atom is 0.181 e. The smallest absolute Gasteiger partial charge is 0.181 e. The van der Waals surface area contributed by atoms with Crippen LogP contribution in [-0.4, -0.2) is 57.1 Å². The highest BCUT2D eigenvalue weighted by molar-refractivity contribution is 7.92. The minimum absolute atomic E-state index is 0.0123. The third-order valence-corrected chi connectivity index (χ3v) is 12.5. The lowest BCUT2D eigenvalue weighted by Gasteiger charge is -2.48. The molecule has 2 saturated carbocycles. The van der Waals surface area contributed by atoms with Crippen LogP contribution in [0.5, 0.6) is 0 Å². The van der Waals surface area contributed by atoms with Crippen molar-refractivity contribution < 1.29 is 13.2 Å². The molecule has 2 aromatic rings. The average molecular weight is 560 g/mol. The van der Waals surface area contributed by atoms with E-state index in [2.05, 4.69) is 28.0 Å². The summed E-state index contributed by atoms with van der Waals surface area (Å²) in [5.41, 5.74) is 1.59. The van der Waals surface area contributed by atoms with Gasteiger partial charge in [-0.25, -0.2) is 8.42 Å². The van der Waals surface area contributed by atoms with Crippen LogP contribution in [0.3, 0.4) is 0 Å². The van der Waals surface area contributed by atoms with Gasteiger partial charge in [-0.1, -0.05) is 36.8 Å². The molecule has 3 atom stereocenters. The molecule has 4 fully saturated rings. The molecule has 0 N–H and O–H groups in total. The summed E-state index contributed by atoms with van der Waals surface area (Å²) < 4.78 is 25.0. The molecule has 4 aliphatic rings. The fraction of sp³-hybridized carbons (Fsp3) is 0.576. The molecule has 6 nitrogen and oxygen atoms in total. The van der Waals surface area contributed by atoms with Gasteiger partial charge in [0, 0.05) is 37.2 Å². The third-order valence-electron chi connectivity index (χ3n) is 10.3. The number of likely N-dealkylation sites (tertiary alicyclic amines) is 1. The molecule has 0 radical (unpaired) electrons. The number of piperidine rings is 1. The van der Waals surface area contributed by atoms with E-state index in [0.29, 0.717) is 10.8 Å². The zero-order valence-corrected chi connectivity index (χ0v) is 24.4. The number of rotatable bonds is 9. The summed E-state index contributed by atoms with van der Waals surface area (Å²) in [6.07, 6.45) is 6.44. The minimum atomic E-state index is -3.14. The van der Waals surface area contributed by atoms with Crippen molar-refractivity contribution in [1.82, 2.24) is 4.90 Å². The molecule has 0 spiro atoms. The van der Waals surface area contributed by atoms with Crippen molar-refractivity contribution in [3.63, 3.8) is 0 Å². The molecule has 1 unspecified atom stereocenters. The van der Waals surface area contributed by atoms with Crippen LogP contribution in [0.2, 0.25) is 0 Å². The molecule has 7 heteroatoms. The van der Waals surface area contributed by atoms with E-state index in [0.717, 1.165) is 88.9 Å². The molecule has 2 aromatic carbocycles. The topological polar surface area (TPSA) is 81.5 Å². The Morgan fingerprint density at radius 1 is 0.950 bits per heavy atom. The number of nitrogens with zero attached hydrogens (tertiary/aromatic N) is 3. The van der Waals surface area contributed by atoms with Gasteiger partial charge >= 0.3 is 0 Å². The van der Waals surface area contributed by atoms with Gasteiger partial charge in [0.2, 0.25) is 0 Å². The molecule has 0 amide bonds. The average Bonchev–Trinajstić information content (AvgIpc) is 3.71. The van der Waals surface area contributed by atoms with Gasteiger partial charge in [-0.2, -0.15) is 5.26 Å². The molecule has 2 heterocycles. The Hall–Kier alpha value is -2.69. The fourth-order valence-corrected chi connectivity index (χ4v) is 9.60. The number of nitriles is 1. The molecule has 40 heavy (non-hydrogen) atoms. The van der Waals surface area contributed by atoms with Crippen LogP contribution in [-0.2, 0) is 20.0 Å². The number of hydrogen-bond acceptors (Lipinski definition) is 6. The van der Waals surface area contributed by atoms with Crippen LogP contribution in [0.1, 0.15) is 57.4 Å². The summed E-state index contributed by atoms with van der Waals surface area (Å²) in [5, 5.41) is 10.6. The SMILES string of the molecule is CC(=O)[C@H]1CCC[C@@H]1C(C#N)(c1ccccc1)C1CCN(CC2CN(c3ccc(S(=O)(=O)C4CC4)cc3)C2)CC1. The summed E-state index contributed by atoms with van der Waals surface area (Å²) in [6, 6.07) is 20.6. The molecular formula is C33H41N3O3S. The Morgan fingerprint density at radius 2 is 1.62 bits per heavy atom. The lowest BCUT2D eigenvalue weighted by molar-refractivity contribution is -0.122. The van der Waals surface area contributed by atoms with E-state index in [-0.39, 0.29) is 28.8 Å². The highest BCUT2D eigenvalue weighted by Crippen LogP contribution is 2.52. The summed E-state index contributed by atoms with van der Waals surface area (Å²) in [5.74, 6) is 1.17. The van der Waals surface area contributed by atoms with Gasteiger partial charge in [0.25, 0.3) is 0 Å². The van der Waals surface area contributed by atoms with Crippen molar-refractivity contribution in [3.8, 4) is 6.07 Å². The van der Waals surface area contributed by atoms with Crippen LogP contribution >= 0.6 is 0 Å². The van der Waals surface area contributed by atoms with Crippen molar-refractivity contribution in [1.29, 1.82) is 5.26 Å². The number of sulfone groups is 1. The Balaban J connectivity index is 1.07. The van der Waals surface area contributed by atoms with E-state index in [1.54, 1.807) is 19.1 Å². The monoisotopic (exact) mass is 559 g/mol. The Kier molecular flexibility index (Phi) is 7.52. The first-order valence-electron chi connectivity index (χ1n) is 15.1. The van der Waals surface area contributed by atoms with Gasteiger partial charge < -0.3 is 9.80 Å². The minimum Gasteiger partial charge on any atom is -0.371 e. The Labute approximate surface area is 239 Å². The van der Waals surface area contributed by atoms with Crippen molar-refractivity contribution in [2.45, 2.75) is 67.4 Å². The number of carbonyl (C=O) groups is 1. The number of ketones is 1. The highest BCUT2D eigenvalue weighted by atomic mass is 32.2. The van der Waals surface area contributed by atoms with Crippen molar-refractivity contribution >= 4 is 21.3 Å². The number of hydrogen-bond donors (Lipinski definition) is 0. The van der Waals surface area contributed by atoms with Gasteiger partial charge in [0.05, 0.1) is 21.6 Å². The van der Waals surface area contributed by atoms with Crippen molar-refractivity contribution in [2.24, 2.45) is 23.7 Å². The largest absolute Gasteiger partial charge is 0.371 e. The third kappa shape index (κ3) is 4.99. The summed E-state index contributed by atoms with van der Waals surface area (Å²) in [7, 11) is -3.14. The molecule has 0 aromatic heterocycles. The Bertz CT molecular complexity index is 1350. The fourth-order valence-electron chi connectivity index (χ4n) is 7.95. The van der Waals surface area contributed by atoms with E-state index in [9.17, 15) is 18.5 Å². The van der Waals surface area contributed by atoms with E-state index in [1.165, 1.54) is 0 Å². The van der Waals surface area contributed by atoms with E-state index in [1.807, 2.05) is 30.3 Å². The van der Waals surface area contributed by atoms with Crippen LogP contribution in [0, 0.1) is 35.0 Å². The second kappa shape index (κ2) is 10.9. The number of Topliss-reactive ketones (excluding diaryl/α,β-unsaturated/α-hetero) is 1. The first-order chi connectivity index (χ1) is 19.3. The molecular weight excluding hydrogens is 518 g/mol. The number of benzene rings is 2. The van der Waals surface area contributed by atoms with Gasteiger partial charge in [0.1, 0.15) is 5.78 Å². The summed E-state index contributed by atoms with van der Waals surface area (Å²) >= 11 is 0. The van der Waals surface area contributed by atoms with E-state index >= 15 is 0 Å². The highest BCUT2D eigenvalue weighted by Gasteiger charge is 2.53. The number of anilines is 1. The Morgan fingerprint density at radius 3 is 2.23 bits per heavy atom. The van der Waals surface area contributed by atoms with Gasteiger partial charge in [-0.05, 0) is 100 Å². The standard InChI is InChI=1S/C33H41N3O3S/c1-24(37)31-8-5-9-32(31)33(23-34,26-6-3-2-4-7-26)27-16-18-35(19-17-27)20-25-21-36(22-25)28-10-12-29(13-11-28)40(38,39)30-14-15-30/h2-4,6-7,10-13,25,27,30-32H,5,8-9,14-22H2,1H3/t31-,32+,33?/m1/s1. The lowest BCUT2D eigenvalue weighted by atomic mass is 9.58. The maximum atomic E-state index is 12.6. The van der Waals surface area contributed by atoms with Gasteiger partial charge in [-0.15, -0.1) is 0 Å². The molecule has 2 aliphatic heterocycles. The molecule has 0 bridgehead atoms. The van der Waals surface area contributed by atoms with Crippen LogP contribution in [0.25, 0.3) is 0 Å². The molecule has 2 saturated heterocycles. The first kappa shape index (κ1) is 27.5. The van der Waals surface area contributed by atoms with Crippen molar-refractivity contribution in [2.75, 3.05) is 37.6 Å². The summed E-state index contributed by atoms with van der Waals surface area (Å²) in [4.78, 5) is 18.0. The zero-order chi connectivity index (χ0) is 27.9. The lowest BCUT2D eigenvalue weighted by Crippen LogP contribution is -2.54. The van der Waals surface area contributed by atoms with Gasteiger partial charge in [-0.3, -0.25) is 4.79 Å². The second-order valence-corrected chi connectivity index (χ2v) is 14.9.